The van der Waals surface area contributed by atoms with E-state index in [4.69, 9.17) is 27.9 Å². The molecule has 132 valence electrons. The monoisotopic (exact) mass is 407 g/mol. The highest BCUT2D eigenvalue weighted by Crippen LogP contribution is 2.34. The molecule has 0 fully saturated rings. The van der Waals surface area contributed by atoms with E-state index < -0.39 is 0 Å². The summed E-state index contributed by atoms with van der Waals surface area (Å²) in [5.74, 6) is -0.168. The summed E-state index contributed by atoms with van der Waals surface area (Å²) in [7, 11) is 0. The third-order valence-corrected chi connectivity index (χ3v) is 5.17. The number of carbonyl (C=O) groups is 2. The van der Waals surface area contributed by atoms with Crippen molar-refractivity contribution in [2.24, 2.45) is 0 Å². The number of amides is 2. The molecule has 0 atom stereocenters. The summed E-state index contributed by atoms with van der Waals surface area (Å²) in [4.78, 5) is 30.3. The molecule has 3 aromatic rings. The number of benzene rings is 2. The lowest BCUT2D eigenvalue weighted by Gasteiger charge is -2.28. The van der Waals surface area contributed by atoms with Crippen LogP contribution in [0.1, 0.15) is 0 Å². The summed E-state index contributed by atoms with van der Waals surface area (Å²) in [5.41, 5.74) is 1.22. The van der Waals surface area contributed by atoms with Crippen molar-refractivity contribution in [1.29, 1.82) is 0 Å². The highest BCUT2D eigenvalue weighted by Gasteiger charge is 2.27. The highest BCUT2D eigenvalue weighted by atomic mass is 35.5. The minimum atomic E-state index is -0.365. The van der Waals surface area contributed by atoms with Gasteiger partial charge in [-0.1, -0.05) is 34.5 Å². The van der Waals surface area contributed by atoms with Crippen molar-refractivity contribution in [2.75, 3.05) is 23.4 Å². The summed E-state index contributed by atoms with van der Waals surface area (Å²) >= 11 is 13.3. The summed E-state index contributed by atoms with van der Waals surface area (Å²) in [6.45, 7) is -0.284. The Hall–Kier alpha value is -2.35. The predicted molar refractivity (Wildman–Crippen MR) is 103 cm³/mol. The lowest BCUT2D eigenvalue weighted by molar-refractivity contribution is -0.123. The van der Waals surface area contributed by atoms with Gasteiger partial charge in [-0.05, 0) is 36.4 Å². The van der Waals surface area contributed by atoms with E-state index in [1.165, 1.54) is 16.2 Å². The molecule has 1 aliphatic rings. The second-order valence-corrected chi connectivity index (χ2v) is 7.46. The number of carbonyl (C=O) groups excluding carboxylic acids is 2. The number of thiazole rings is 1. The van der Waals surface area contributed by atoms with E-state index in [0.29, 0.717) is 26.6 Å². The SMILES string of the molecule is O=C(CN1C(=O)COc2ccc(Cl)cc21)Nc1nc2ccc(Cl)cc2s1. The first-order valence-electron chi connectivity index (χ1n) is 7.58. The van der Waals surface area contributed by atoms with Crippen molar-refractivity contribution in [3.63, 3.8) is 0 Å². The van der Waals surface area contributed by atoms with Crippen molar-refractivity contribution in [2.45, 2.75) is 0 Å². The zero-order chi connectivity index (χ0) is 18.3. The van der Waals surface area contributed by atoms with Gasteiger partial charge in [-0.25, -0.2) is 4.98 Å². The van der Waals surface area contributed by atoms with Crippen molar-refractivity contribution in [3.8, 4) is 5.75 Å². The van der Waals surface area contributed by atoms with E-state index >= 15 is 0 Å². The second-order valence-electron chi connectivity index (χ2n) is 5.56. The molecular formula is C17H11Cl2N3O3S. The number of fused-ring (bicyclic) bond motifs is 2. The molecule has 2 heterocycles. The molecule has 0 spiro atoms. The number of nitrogens with zero attached hydrogens (tertiary/aromatic N) is 2. The van der Waals surface area contributed by atoms with Crippen LogP contribution >= 0.6 is 34.5 Å². The van der Waals surface area contributed by atoms with E-state index in [9.17, 15) is 9.59 Å². The Kier molecular flexibility index (Phi) is 4.44. The van der Waals surface area contributed by atoms with Crippen LogP contribution in [0.5, 0.6) is 5.75 Å². The number of nitrogens with one attached hydrogen (secondary N) is 1. The Morgan fingerprint density at radius 2 is 2.00 bits per heavy atom. The molecule has 4 rings (SSSR count). The smallest absolute Gasteiger partial charge is 0.265 e. The molecule has 0 radical (unpaired) electrons. The van der Waals surface area contributed by atoms with Gasteiger partial charge < -0.3 is 10.1 Å². The number of hydrogen-bond donors (Lipinski definition) is 1. The van der Waals surface area contributed by atoms with E-state index in [2.05, 4.69) is 10.3 Å². The van der Waals surface area contributed by atoms with Gasteiger partial charge in [0, 0.05) is 10.0 Å². The van der Waals surface area contributed by atoms with Crippen molar-refractivity contribution in [3.05, 3.63) is 46.4 Å². The molecule has 0 saturated carbocycles. The van der Waals surface area contributed by atoms with Gasteiger partial charge in [0.05, 0.1) is 15.9 Å². The predicted octanol–water partition coefficient (Wildman–Crippen LogP) is 3.97. The van der Waals surface area contributed by atoms with E-state index in [0.717, 1.165) is 10.2 Å². The maximum absolute atomic E-state index is 12.4. The Balaban J connectivity index is 1.54. The van der Waals surface area contributed by atoms with E-state index in [-0.39, 0.29) is 25.0 Å². The molecular weight excluding hydrogens is 397 g/mol. The van der Waals surface area contributed by atoms with Crippen LogP contribution in [-0.2, 0) is 9.59 Å². The van der Waals surface area contributed by atoms with Gasteiger partial charge in [0.1, 0.15) is 12.3 Å². The fourth-order valence-corrected chi connectivity index (χ4v) is 3.93. The fourth-order valence-electron chi connectivity index (χ4n) is 2.60. The molecule has 2 amide bonds. The molecule has 9 heteroatoms. The molecule has 0 saturated heterocycles. The Bertz CT molecular complexity index is 1040. The number of hydrogen-bond acceptors (Lipinski definition) is 5. The molecule has 2 aromatic carbocycles. The van der Waals surface area contributed by atoms with Crippen molar-refractivity contribution in [1.82, 2.24) is 4.98 Å². The highest BCUT2D eigenvalue weighted by molar-refractivity contribution is 7.22. The van der Waals surface area contributed by atoms with Gasteiger partial charge >= 0.3 is 0 Å². The Morgan fingerprint density at radius 3 is 2.85 bits per heavy atom. The Labute approximate surface area is 162 Å². The number of anilines is 2. The first kappa shape index (κ1) is 17.1. The van der Waals surface area contributed by atoms with Gasteiger partial charge in [0.15, 0.2) is 11.7 Å². The lowest BCUT2D eigenvalue weighted by Crippen LogP contribution is -2.43. The molecule has 0 unspecified atom stereocenters. The standard InChI is InChI=1S/C17H11Cl2N3O3S/c18-9-2-4-13-12(5-9)22(16(24)8-25-13)7-15(23)21-17-20-11-3-1-10(19)6-14(11)26-17/h1-6H,7-8H2,(H,20,21,23). The number of rotatable bonds is 3. The topological polar surface area (TPSA) is 71.5 Å². The van der Waals surface area contributed by atoms with Gasteiger partial charge in [0.25, 0.3) is 5.91 Å². The van der Waals surface area contributed by atoms with E-state index in [1.807, 2.05) is 0 Å². The van der Waals surface area contributed by atoms with E-state index in [1.54, 1.807) is 36.4 Å². The van der Waals surface area contributed by atoms with Crippen LogP contribution < -0.4 is 15.0 Å². The maximum atomic E-state index is 12.4. The molecule has 0 aliphatic carbocycles. The average molecular weight is 408 g/mol. The quantitative estimate of drug-likeness (QED) is 0.712. The number of ether oxygens (including phenoxy) is 1. The average Bonchev–Trinajstić information content (AvgIpc) is 2.98. The van der Waals surface area contributed by atoms with Crippen LogP contribution in [0.4, 0.5) is 10.8 Å². The van der Waals surface area contributed by atoms with Crippen LogP contribution in [0.2, 0.25) is 10.0 Å². The first-order chi connectivity index (χ1) is 12.5. The number of aromatic nitrogens is 1. The van der Waals surface area contributed by atoms with Gasteiger partial charge in [0.2, 0.25) is 5.91 Å². The maximum Gasteiger partial charge on any atom is 0.265 e. The van der Waals surface area contributed by atoms with Crippen LogP contribution in [0.15, 0.2) is 36.4 Å². The van der Waals surface area contributed by atoms with Crippen LogP contribution in [-0.4, -0.2) is 29.9 Å². The molecule has 1 aliphatic heterocycles. The molecule has 26 heavy (non-hydrogen) atoms. The van der Waals surface area contributed by atoms with Crippen LogP contribution in [0, 0.1) is 0 Å². The summed E-state index contributed by atoms with van der Waals surface area (Å²) in [6.07, 6.45) is 0. The third-order valence-electron chi connectivity index (χ3n) is 3.76. The molecule has 0 bridgehead atoms. The number of halogens is 2. The minimum Gasteiger partial charge on any atom is -0.482 e. The van der Waals surface area contributed by atoms with Crippen LogP contribution in [0.3, 0.4) is 0 Å². The fraction of sp³-hybridized carbons (Fsp3) is 0.118. The zero-order valence-electron chi connectivity index (χ0n) is 13.2. The van der Waals surface area contributed by atoms with Gasteiger partial charge in [-0.15, -0.1) is 0 Å². The molecule has 1 N–H and O–H groups in total. The normalized spacial score (nSPS) is 13.5. The van der Waals surface area contributed by atoms with Crippen LogP contribution in [0.25, 0.3) is 10.2 Å². The van der Waals surface area contributed by atoms with Crippen molar-refractivity contribution >= 4 is 67.4 Å². The third kappa shape index (κ3) is 3.33. The van der Waals surface area contributed by atoms with Gasteiger partial charge in [-0.3, -0.25) is 14.5 Å². The summed E-state index contributed by atoms with van der Waals surface area (Å²) in [6, 6.07) is 10.2. The summed E-state index contributed by atoms with van der Waals surface area (Å²) in [5, 5.41) is 4.22. The minimum absolute atomic E-state index is 0.123. The second kappa shape index (κ2) is 6.75. The van der Waals surface area contributed by atoms with Gasteiger partial charge in [-0.2, -0.15) is 0 Å². The molecule has 1 aromatic heterocycles. The zero-order valence-corrected chi connectivity index (χ0v) is 15.5. The largest absolute Gasteiger partial charge is 0.482 e. The first-order valence-corrected chi connectivity index (χ1v) is 9.15. The Morgan fingerprint density at radius 1 is 1.23 bits per heavy atom. The summed E-state index contributed by atoms with van der Waals surface area (Å²) < 4.78 is 6.24. The lowest BCUT2D eigenvalue weighted by atomic mass is 10.2. The molecule has 6 nitrogen and oxygen atoms in total. The van der Waals surface area contributed by atoms with Crippen molar-refractivity contribution < 1.29 is 14.3 Å².